The molecule has 0 bridgehead atoms. The average molecular weight is 342 g/mol. The summed E-state index contributed by atoms with van der Waals surface area (Å²) in [4.78, 5) is 14.8. The summed E-state index contributed by atoms with van der Waals surface area (Å²) < 4.78 is 5.73. The first kappa shape index (κ1) is 18.0. The zero-order valence-corrected chi connectivity index (χ0v) is 15.9. The van der Waals surface area contributed by atoms with Gasteiger partial charge in [0.2, 0.25) is 5.91 Å². The number of carbonyl (C=O) groups is 1. The van der Waals surface area contributed by atoms with Crippen LogP contribution in [0.2, 0.25) is 0 Å². The molecule has 3 rings (SSSR count). The fraction of sp³-hybridized carbons (Fsp3) is 0.571. The first-order valence-electron chi connectivity index (χ1n) is 9.42. The maximum absolute atomic E-state index is 12.8. The Labute approximate surface area is 150 Å². The predicted molar refractivity (Wildman–Crippen MR) is 102 cm³/mol. The molecule has 0 aliphatic carbocycles. The van der Waals surface area contributed by atoms with Crippen molar-refractivity contribution in [1.29, 1.82) is 0 Å². The molecule has 1 aromatic carbocycles. The van der Waals surface area contributed by atoms with E-state index in [-0.39, 0.29) is 5.91 Å². The number of furan rings is 1. The van der Waals surface area contributed by atoms with Gasteiger partial charge in [-0.1, -0.05) is 13.8 Å². The minimum Gasteiger partial charge on any atom is -0.464 e. The highest BCUT2D eigenvalue weighted by Gasteiger charge is 2.24. The van der Waals surface area contributed by atoms with Crippen LogP contribution in [0.15, 0.2) is 22.8 Å². The lowest BCUT2D eigenvalue weighted by Gasteiger charge is -2.32. The third-order valence-corrected chi connectivity index (χ3v) is 5.37. The third kappa shape index (κ3) is 3.90. The van der Waals surface area contributed by atoms with Gasteiger partial charge in [-0.15, -0.1) is 0 Å². The van der Waals surface area contributed by atoms with Crippen molar-refractivity contribution in [2.75, 3.05) is 26.7 Å². The van der Waals surface area contributed by atoms with Gasteiger partial charge in [0.05, 0.1) is 12.7 Å². The standard InChI is InChI=1S/C21H30N2O2/c1-14(2)18-10-19-17(13-25-20(19)8-15(18)3)9-21(24)23-7-5-6-16(12-23)11-22-4/h8,10,13-14,16,22H,5-7,9,11-12H2,1-4H3. The molecule has 0 spiro atoms. The van der Waals surface area contributed by atoms with E-state index in [4.69, 9.17) is 4.42 Å². The van der Waals surface area contributed by atoms with Crippen LogP contribution in [0.4, 0.5) is 0 Å². The number of rotatable bonds is 5. The second-order valence-electron chi connectivity index (χ2n) is 7.70. The van der Waals surface area contributed by atoms with Gasteiger partial charge < -0.3 is 14.6 Å². The van der Waals surface area contributed by atoms with Crippen molar-refractivity contribution in [3.8, 4) is 0 Å². The van der Waals surface area contributed by atoms with E-state index in [0.29, 0.717) is 18.3 Å². The summed E-state index contributed by atoms with van der Waals surface area (Å²) >= 11 is 0. The zero-order valence-electron chi connectivity index (χ0n) is 15.9. The SMILES string of the molecule is CNCC1CCCN(C(=O)Cc2coc3cc(C)c(C(C)C)cc23)C1. The van der Waals surface area contributed by atoms with E-state index in [1.807, 2.05) is 11.9 Å². The molecule has 1 unspecified atom stereocenters. The van der Waals surface area contributed by atoms with Crippen LogP contribution in [0.3, 0.4) is 0 Å². The van der Waals surface area contributed by atoms with Crippen LogP contribution in [0.5, 0.6) is 0 Å². The summed E-state index contributed by atoms with van der Waals surface area (Å²) in [6.07, 6.45) is 4.50. The number of piperidine rings is 1. The van der Waals surface area contributed by atoms with E-state index < -0.39 is 0 Å². The van der Waals surface area contributed by atoms with Gasteiger partial charge in [-0.05, 0) is 68.5 Å². The zero-order chi connectivity index (χ0) is 18.0. The second kappa shape index (κ2) is 7.61. The van der Waals surface area contributed by atoms with Gasteiger partial charge in [0.15, 0.2) is 0 Å². The van der Waals surface area contributed by atoms with Gasteiger partial charge in [-0.3, -0.25) is 4.79 Å². The number of fused-ring (bicyclic) bond motifs is 1. The number of hydrogen-bond donors (Lipinski definition) is 1. The molecule has 25 heavy (non-hydrogen) atoms. The number of amides is 1. The van der Waals surface area contributed by atoms with Crippen LogP contribution >= 0.6 is 0 Å². The maximum atomic E-state index is 12.8. The van der Waals surface area contributed by atoms with Crippen LogP contribution in [-0.4, -0.2) is 37.5 Å². The number of benzene rings is 1. The summed E-state index contributed by atoms with van der Waals surface area (Å²) in [5.41, 5.74) is 4.48. The number of aryl methyl sites for hydroxylation is 1. The van der Waals surface area contributed by atoms with Gasteiger partial charge >= 0.3 is 0 Å². The number of nitrogens with zero attached hydrogens (tertiary/aromatic N) is 1. The highest BCUT2D eigenvalue weighted by molar-refractivity contribution is 5.88. The smallest absolute Gasteiger partial charge is 0.227 e. The molecule has 1 aromatic heterocycles. The van der Waals surface area contributed by atoms with Gasteiger partial charge in [0.1, 0.15) is 5.58 Å². The van der Waals surface area contributed by atoms with Crippen molar-refractivity contribution in [3.63, 3.8) is 0 Å². The summed E-state index contributed by atoms with van der Waals surface area (Å²) in [6, 6.07) is 4.31. The lowest BCUT2D eigenvalue weighted by molar-refractivity contribution is -0.132. The van der Waals surface area contributed by atoms with Crippen LogP contribution in [0, 0.1) is 12.8 Å². The summed E-state index contributed by atoms with van der Waals surface area (Å²) in [5.74, 6) is 1.25. The Bertz CT molecular complexity index is 746. The first-order chi connectivity index (χ1) is 12.0. The highest BCUT2D eigenvalue weighted by Crippen LogP contribution is 2.29. The molecule has 2 aromatic rings. The second-order valence-corrected chi connectivity index (χ2v) is 7.70. The van der Waals surface area contributed by atoms with Crippen LogP contribution in [-0.2, 0) is 11.2 Å². The molecular formula is C21H30N2O2. The number of hydrogen-bond acceptors (Lipinski definition) is 3. The fourth-order valence-corrected chi connectivity index (χ4v) is 4.03. The van der Waals surface area contributed by atoms with Gasteiger partial charge in [-0.25, -0.2) is 0 Å². The topological polar surface area (TPSA) is 45.5 Å². The Morgan fingerprint density at radius 3 is 2.92 bits per heavy atom. The van der Waals surface area contributed by atoms with E-state index in [1.54, 1.807) is 6.26 Å². The first-order valence-corrected chi connectivity index (χ1v) is 9.42. The van der Waals surface area contributed by atoms with Gasteiger partial charge in [-0.2, -0.15) is 0 Å². The molecule has 2 heterocycles. The molecule has 0 radical (unpaired) electrons. The minimum absolute atomic E-state index is 0.218. The lowest BCUT2D eigenvalue weighted by Crippen LogP contribution is -2.43. The number of carbonyl (C=O) groups excluding carboxylic acids is 1. The monoisotopic (exact) mass is 342 g/mol. The quantitative estimate of drug-likeness (QED) is 0.897. The molecule has 1 atom stereocenters. The Morgan fingerprint density at radius 1 is 1.40 bits per heavy atom. The Kier molecular flexibility index (Phi) is 5.48. The predicted octanol–water partition coefficient (Wildman–Crippen LogP) is 3.87. The molecule has 1 fully saturated rings. The Balaban J connectivity index is 1.78. The van der Waals surface area contributed by atoms with Crippen molar-refractivity contribution < 1.29 is 9.21 Å². The summed E-state index contributed by atoms with van der Waals surface area (Å²) in [7, 11) is 1.98. The molecule has 1 aliphatic rings. The highest BCUT2D eigenvalue weighted by atomic mass is 16.3. The molecule has 136 valence electrons. The molecular weight excluding hydrogens is 312 g/mol. The van der Waals surface area contributed by atoms with E-state index in [9.17, 15) is 4.79 Å². The van der Waals surface area contributed by atoms with E-state index >= 15 is 0 Å². The Morgan fingerprint density at radius 2 is 2.20 bits per heavy atom. The molecule has 1 aliphatic heterocycles. The van der Waals surface area contributed by atoms with E-state index in [0.717, 1.165) is 42.6 Å². The van der Waals surface area contributed by atoms with Gasteiger partial charge in [0.25, 0.3) is 0 Å². The van der Waals surface area contributed by atoms with Crippen LogP contribution in [0.25, 0.3) is 11.0 Å². The van der Waals surface area contributed by atoms with Crippen LogP contribution < -0.4 is 5.32 Å². The molecule has 1 saturated heterocycles. The van der Waals surface area contributed by atoms with E-state index in [2.05, 4.69) is 38.2 Å². The van der Waals surface area contributed by atoms with Crippen LogP contribution in [0.1, 0.15) is 49.3 Å². The molecule has 0 saturated carbocycles. The van der Waals surface area contributed by atoms with Crippen molar-refractivity contribution >= 4 is 16.9 Å². The summed E-state index contributed by atoms with van der Waals surface area (Å²) in [6.45, 7) is 9.26. The Hall–Kier alpha value is -1.81. The van der Waals surface area contributed by atoms with Crippen molar-refractivity contribution in [2.24, 2.45) is 5.92 Å². The molecule has 1 amide bonds. The average Bonchev–Trinajstić information content (AvgIpc) is 2.96. The van der Waals surface area contributed by atoms with E-state index in [1.165, 1.54) is 17.5 Å². The molecule has 4 nitrogen and oxygen atoms in total. The number of likely N-dealkylation sites (tertiary alicyclic amines) is 1. The minimum atomic E-state index is 0.218. The largest absolute Gasteiger partial charge is 0.464 e. The molecule has 4 heteroatoms. The third-order valence-electron chi connectivity index (χ3n) is 5.37. The lowest BCUT2D eigenvalue weighted by atomic mass is 9.94. The summed E-state index contributed by atoms with van der Waals surface area (Å²) in [5, 5.41) is 4.33. The van der Waals surface area contributed by atoms with Crippen molar-refractivity contribution in [3.05, 3.63) is 35.1 Å². The fourth-order valence-electron chi connectivity index (χ4n) is 4.03. The van der Waals surface area contributed by atoms with Gasteiger partial charge in [0, 0.05) is 24.0 Å². The molecule has 1 N–H and O–H groups in total. The number of nitrogens with one attached hydrogen (secondary N) is 1. The normalized spacial score (nSPS) is 18.3. The van der Waals surface area contributed by atoms with Crippen molar-refractivity contribution in [2.45, 2.75) is 46.0 Å². The van der Waals surface area contributed by atoms with Crippen molar-refractivity contribution in [1.82, 2.24) is 10.2 Å². The maximum Gasteiger partial charge on any atom is 0.227 e.